The van der Waals surface area contributed by atoms with Crippen LogP contribution >= 0.6 is 24.0 Å². The van der Waals surface area contributed by atoms with Crippen LogP contribution in [0.3, 0.4) is 0 Å². The zero-order chi connectivity index (χ0) is 20.8. The number of carbonyl (C=O) groups is 3. The molecule has 2 heterocycles. The van der Waals surface area contributed by atoms with Crippen LogP contribution in [-0.2, 0) is 9.59 Å². The molecule has 0 saturated carbocycles. The van der Waals surface area contributed by atoms with Crippen LogP contribution in [0, 0.1) is 0 Å². The topological polar surface area (TPSA) is 79.4 Å². The lowest BCUT2D eigenvalue weighted by Crippen LogP contribution is -2.53. The normalized spacial score (nSPS) is 15.4. The van der Waals surface area contributed by atoms with E-state index < -0.39 is 11.8 Å². The molecule has 8 heteroatoms. The van der Waals surface area contributed by atoms with Crippen LogP contribution in [0.25, 0.3) is 6.08 Å². The molecule has 0 bridgehead atoms. The first kappa shape index (κ1) is 20.6. The summed E-state index contributed by atoms with van der Waals surface area (Å²) >= 11 is 6.30. The number of hydrogen-bond acceptors (Lipinski definition) is 6. The lowest BCUT2D eigenvalue weighted by Gasteiger charge is -2.27. The number of pyridine rings is 1. The molecule has 2 amide bonds. The van der Waals surface area contributed by atoms with Gasteiger partial charge in [-0.05, 0) is 24.4 Å². The van der Waals surface area contributed by atoms with Crippen molar-refractivity contribution in [1.29, 1.82) is 0 Å². The van der Waals surface area contributed by atoms with Crippen molar-refractivity contribution in [2.75, 3.05) is 12.3 Å². The maximum atomic E-state index is 12.7. The molecule has 146 valence electrons. The van der Waals surface area contributed by atoms with Gasteiger partial charge in [0, 0.05) is 23.9 Å². The molecule has 1 aliphatic heterocycles. The van der Waals surface area contributed by atoms with E-state index >= 15 is 0 Å². The number of rotatable bonds is 7. The largest absolute Gasteiger partial charge is 0.298 e. The highest BCUT2D eigenvalue weighted by Crippen LogP contribution is 2.24. The van der Waals surface area contributed by atoms with Crippen molar-refractivity contribution in [2.45, 2.75) is 5.03 Å². The van der Waals surface area contributed by atoms with Crippen LogP contribution in [0.1, 0.15) is 15.9 Å². The molecule has 1 fully saturated rings. The molecule has 1 aromatic heterocycles. The molecule has 1 N–H and O–H groups in total. The minimum Gasteiger partial charge on any atom is -0.298 e. The van der Waals surface area contributed by atoms with Gasteiger partial charge in [0.15, 0.2) is 10.9 Å². The third-order valence-electron chi connectivity index (χ3n) is 4.03. The third kappa shape index (κ3) is 4.85. The maximum absolute atomic E-state index is 12.7. The summed E-state index contributed by atoms with van der Waals surface area (Å²) in [5, 5.41) is 3.10. The van der Waals surface area contributed by atoms with Crippen molar-refractivity contribution < 1.29 is 14.4 Å². The number of ketones is 1. The van der Waals surface area contributed by atoms with Gasteiger partial charge in [-0.15, -0.1) is 6.58 Å². The van der Waals surface area contributed by atoms with Crippen LogP contribution in [0.15, 0.2) is 71.9 Å². The Morgan fingerprint density at radius 1 is 1.21 bits per heavy atom. The molecule has 29 heavy (non-hydrogen) atoms. The lowest BCUT2D eigenvalue weighted by atomic mass is 10.1. The van der Waals surface area contributed by atoms with Crippen molar-refractivity contribution >= 4 is 52.8 Å². The van der Waals surface area contributed by atoms with E-state index in [2.05, 4.69) is 16.9 Å². The molecule has 1 aliphatic rings. The second kappa shape index (κ2) is 9.40. The summed E-state index contributed by atoms with van der Waals surface area (Å²) in [4.78, 5) is 42.9. The number of thioether (sulfide) groups is 1. The van der Waals surface area contributed by atoms with E-state index in [4.69, 9.17) is 12.2 Å². The Hall–Kier alpha value is -3.10. The molecule has 2 aromatic rings. The number of carbonyl (C=O) groups excluding carboxylic acids is 3. The summed E-state index contributed by atoms with van der Waals surface area (Å²) in [5.41, 5.74) is 1.14. The average molecular weight is 424 g/mol. The van der Waals surface area contributed by atoms with Crippen LogP contribution in [-0.4, -0.2) is 44.9 Å². The Balaban J connectivity index is 1.83. The Kier molecular flexibility index (Phi) is 6.69. The summed E-state index contributed by atoms with van der Waals surface area (Å²) in [6.45, 7) is 3.79. The van der Waals surface area contributed by atoms with Gasteiger partial charge in [-0.25, -0.2) is 4.98 Å². The monoisotopic (exact) mass is 423 g/mol. The first-order valence-corrected chi connectivity index (χ1v) is 10.1. The fourth-order valence-electron chi connectivity index (χ4n) is 2.62. The van der Waals surface area contributed by atoms with Crippen molar-refractivity contribution in [3.63, 3.8) is 0 Å². The van der Waals surface area contributed by atoms with Crippen molar-refractivity contribution in [3.05, 3.63) is 78.0 Å². The number of Topliss-reactive ketones (excluding diaryl/α,β-unsaturated/α-hetero) is 1. The molecule has 1 aromatic carbocycles. The van der Waals surface area contributed by atoms with E-state index in [0.717, 1.165) is 0 Å². The van der Waals surface area contributed by atoms with Crippen LogP contribution in [0.5, 0.6) is 0 Å². The maximum Gasteiger partial charge on any atom is 0.265 e. The van der Waals surface area contributed by atoms with E-state index in [1.54, 1.807) is 42.6 Å². The standard InChI is InChI=1S/C21H17N3O3S2/c1-2-11-24-20(27)16(18(26)23-21(24)28)12-15-9-6-10-22-19(15)29-13-17(25)14-7-4-3-5-8-14/h2-10,12H,1,11,13H2,(H,23,26,28)/b16-12+. The Morgan fingerprint density at radius 3 is 2.69 bits per heavy atom. The number of aromatic nitrogens is 1. The summed E-state index contributed by atoms with van der Waals surface area (Å²) < 4.78 is 0. The number of nitrogens with one attached hydrogen (secondary N) is 1. The van der Waals surface area contributed by atoms with Gasteiger partial charge in [0.1, 0.15) is 10.6 Å². The van der Waals surface area contributed by atoms with Crippen molar-refractivity contribution in [1.82, 2.24) is 15.2 Å². The van der Waals surface area contributed by atoms with Crippen LogP contribution in [0.2, 0.25) is 0 Å². The van der Waals surface area contributed by atoms with E-state index in [-0.39, 0.29) is 28.8 Å². The summed E-state index contributed by atoms with van der Waals surface area (Å²) in [6, 6.07) is 12.4. The minimum atomic E-state index is -0.569. The molecular weight excluding hydrogens is 406 g/mol. The van der Waals surface area contributed by atoms with Gasteiger partial charge in [-0.2, -0.15) is 0 Å². The van der Waals surface area contributed by atoms with Gasteiger partial charge in [-0.3, -0.25) is 24.6 Å². The quantitative estimate of drug-likeness (QED) is 0.184. The van der Waals surface area contributed by atoms with Crippen LogP contribution in [0.4, 0.5) is 0 Å². The molecule has 0 atom stereocenters. The fourth-order valence-corrected chi connectivity index (χ4v) is 3.73. The number of amides is 2. The first-order valence-electron chi connectivity index (χ1n) is 8.67. The molecule has 3 rings (SSSR count). The van der Waals surface area contributed by atoms with Gasteiger partial charge in [0.2, 0.25) is 0 Å². The summed E-state index contributed by atoms with van der Waals surface area (Å²) in [5.74, 6) is -0.919. The summed E-state index contributed by atoms with van der Waals surface area (Å²) in [6.07, 6.45) is 4.59. The first-order chi connectivity index (χ1) is 14.0. The fraction of sp³-hybridized carbons (Fsp3) is 0.0952. The number of thiocarbonyl (C=S) groups is 1. The number of hydrogen-bond donors (Lipinski definition) is 1. The molecular formula is C21H17N3O3S2. The zero-order valence-electron chi connectivity index (χ0n) is 15.3. The number of benzene rings is 1. The highest BCUT2D eigenvalue weighted by Gasteiger charge is 2.32. The molecule has 0 radical (unpaired) electrons. The molecule has 1 saturated heterocycles. The van der Waals surface area contributed by atoms with Crippen molar-refractivity contribution in [3.8, 4) is 0 Å². The third-order valence-corrected chi connectivity index (χ3v) is 5.38. The van der Waals surface area contributed by atoms with E-state index in [9.17, 15) is 14.4 Å². The highest BCUT2D eigenvalue weighted by molar-refractivity contribution is 8.00. The van der Waals surface area contributed by atoms with Gasteiger partial charge < -0.3 is 0 Å². The highest BCUT2D eigenvalue weighted by atomic mass is 32.2. The SMILES string of the molecule is C=CCN1C(=O)/C(=C/c2cccnc2SCC(=O)c2ccccc2)C(=O)NC1=S. The van der Waals surface area contributed by atoms with E-state index in [0.29, 0.717) is 16.2 Å². The smallest absolute Gasteiger partial charge is 0.265 e. The Morgan fingerprint density at radius 2 is 1.97 bits per heavy atom. The Labute approximate surface area is 177 Å². The number of nitrogens with zero attached hydrogens (tertiary/aromatic N) is 2. The van der Waals surface area contributed by atoms with E-state index in [1.807, 2.05) is 6.07 Å². The molecule has 0 unspecified atom stereocenters. The molecule has 0 aliphatic carbocycles. The van der Waals surface area contributed by atoms with E-state index in [1.165, 1.54) is 28.8 Å². The summed E-state index contributed by atoms with van der Waals surface area (Å²) in [7, 11) is 0. The van der Waals surface area contributed by atoms with Gasteiger partial charge >= 0.3 is 0 Å². The predicted molar refractivity (Wildman–Crippen MR) is 116 cm³/mol. The van der Waals surface area contributed by atoms with Gasteiger partial charge in [0.25, 0.3) is 11.8 Å². The zero-order valence-corrected chi connectivity index (χ0v) is 17.0. The molecule has 0 spiro atoms. The van der Waals surface area contributed by atoms with Gasteiger partial charge in [-0.1, -0.05) is 54.2 Å². The van der Waals surface area contributed by atoms with Crippen molar-refractivity contribution in [2.24, 2.45) is 0 Å². The average Bonchev–Trinajstić information content (AvgIpc) is 2.73. The minimum absolute atomic E-state index is 0.0335. The van der Waals surface area contributed by atoms with Crippen LogP contribution < -0.4 is 5.32 Å². The second-order valence-electron chi connectivity index (χ2n) is 6.00. The second-order valence-corrected chi connectivity index (χ2v) is 7.35. The lowest BCUT2D eigenvalue weighted by molar-refractivity contribution is -0.128. The predicted octanol–water partition coefficient (Wildman–Crippen LogP) is 2.87. The molecule has 6 nitrogen and oxygen atoms in total. The Bertz CT molecular complexity index is 1020. The van der Waals surface area contributed by atoms with Gasteiger partial charge in [0.05, 0.1) is 5.75 Å².